The molecular weight excluding hydrogens is 570 g/mol. The van der Waals surface area contributed by atoms with Gasteiger partial charge in [-0.2, -0.15) is 0 Å². The zero-order valence-electron chi connectivity index (χ0n) is 23.3. The van der Waals surface area contributed by atoms with E-state index in [1.807, 2.05) is 6.26 Å². The normalized spacial score (nSPS) is 15.1. The van der Waals surface area contributed by atoms with Crippen LogP contribution in [0.3, 0.4) is 0 Å². The number of hydrogen-bond donors (Lipinski definition) is 1. The predicted octanol–water partition coefficient (Wildman–Crippen LogP) is 6.10. The minimum atomic E-state index is -4.21. The van der Waals surface area contributed by atoms with Crippen molar-refractivity contribution in [2.24, 2.45) is 0 Å². The molecule has 1 aliphatic rings. The lowest BCUT2D eigenvalue weighted by Crippen LogP contribution is -2.27. The van der Waals surface area contributed by atoms with Crippen LogP contribution >= 0.6 is 11.8 Å². The number of esters is 1. The molecule has 1 saturated heterocycles. The molecule has 1 heterocycles. The Kier molecular flexibility index (Phi) is 10.2. The lowest BCUT2D eigenvalue weighted by atomic mass is 10.1. The zero-order chi connectivity index (χ0) is 29.4. The van der Waals surface area contributed by atoms with Crippen molar-refractivity contribution in [3.05, 3.63) is 60.2 Å². The molecule has 0 amide bonds. The lowest BCUT2D eigenvalue weighted by Gasteiger charge is -2.27. The summed E-state index contributed by atoms with van der Waals surface area (Å²) in [6.07, 6.45) is 3.41. The number of hydrogen-bond acceptors (Lipinski definition) is 10. The summed E-state index contributed by atoms with van der Waals surface area (Å²) in [5, 5.41) is 0. The largest absolute Gasteiger partial charge is 0.493 e. The second kappa shape index (κ2) is 13.8. The van der Waals surface area contributed by atoms with Crippen molar-refractivity contribution in [1.29, 1.82) is 0 Å². The quantitative estimate of drug-likeness (QED) is 0.192. The molecule has 12 heteroatoms. The number of nitrogens with one attached hydrogen (secondary N) is 1. The Labute approximate surface area is 244 Å². The Balaban J connectivity index is 1.96. The average Bonchev–Trinajstić information content (AvgIpc) is 3.00. The molecule has 41 heavy (non-hydrogen) atoms. The van der Waals surface area contributed by atoms with E-state index in [1.165, 1.54) is 44.2 Å². The lowest BCUT2D eigenvalue weighted by molar-refractivity contribution is -0.105. The van der Waals surface area contributed by atoms with Gasteiger partial charge in [-0.1, -0.05) is 12.1 Å². The maximum absolute atomic E-state index is 13.8. The van der Waals surface area contributed by atoms with Crippen molar-refractivity contribution in [2.75, 3.05) is 38.4 Å². The van der Waals surface area contributed by atoms with Crippen LogP contribution in [0.1, 0.15) is 36.5 Å². The maximum atomic E-state index is 13.8. The molecule has 0 radical (unpaired) electrons. The summed E-state index contributed by atoms with van der Waals surface area (Å²) in [6.45, 7) is 2.40. The fourth-order valence-electron chi connectivity index (χ4n) is 4.16. The summed E-state index contributed by atoms with van der Waals surface area (Å²) >= 11 is 1.49. The number of carbonyl (C=O) groups is 1. The van der Waals surface area contributed by atoms with E-state index >= 15 is 0 Å². The molecule has 1 fully saturated rings. The second-order valence-electron chi connectivity index (χ2n) is 8.83. The van der Waals surface area contributed by atoms with Gasteiger partial charge >= 0.3 is 5.97 Å². The first-order chi connectivity index (χ1) is 19.8. The molecule has 1 N–H and O–H groups in total. The molecule has 1 atom stereocenters. The molecule has 10 nitrogen and oxygen atoms in total. The molecule has 4 rings (SSSR count). The van der Waals surface area contributed by atoms with Crippen molar-refractivity contribution in [1.82, 2.24) is 0 Å². The number of ether oxygens (including phenoxy) is 6. The molecule has 220 valence electrons. The first-order valence-electron chi connectivity index (χ1n) is 13.0. The fourth-order valence-corrected chi connectivity index (χ4v) is 5.64. The summed E-state index contributed by atoms with van der Waals surface area (Å²) < 4.78 is 64.7. The van der Waals surface area contributed by atoms with E-state index in [1.54, 1.807) is 43.3 Å². The van der Waals surface area contributed by atoms with Gasteiger partial charge in [0.05, 0.1) is 32.3 Å². The molecule has 0 saturated carbocycles. The highest BCUT2D eigenvalue weighted by atomic mass is 32.2. The van der Waals surface area contributed by atoms with E-state index < -0.39 is 22.3 Å². The first-order valence-corrected chi connectivity index (χ1v) is 15.7. The van der Waals surface area contributed by atoms with E-state index in [2.05, 4.69) is 4.72 Å². The molecule has 0 bridgehead atoms. The highest BCUT2D eigenvalue weighted by Gasteiger charge is 2.32. The molecule has 3 aromatic rings. The van der Waals surface area contributed by atoms with Crippen molar-refractivity contribution in [2.45, 2.75) is 42.3 Å². The third-order valence-electron chi connectivity index (χ3n) is 6.18. The van der Waals surface area contributed by atoms with Crippen molar-refractivity contribution in [3.63, 3.8) is 0 Å². The monoisotopic (exact) mass is 603 g/mol. The number of carbonyl (C=O) groups excluding carboxylic acids is 1. The van der Waals surface area contributed by atoms with Crippen LogP contribution in [-0.2, 0) is 19.5 Å². The Morgan fingerprint density at radius 1 is 1.02 bits per heavy atom. The maximum Gasteiger partial charge on any atom is 0.341 e. The Morgan fingerprint density at radius 3 is 2.37 bits per heavy atom. The van der Waals surface area contributed by atoms with Gasteiger partial charge in [-0.05, 0) is 62.4 Å². The van der Waals surface area contributed by atoms with Gasteiger partial charge in [-0.3, -0.25) is 4.72 Å². The highest BCUT2D eigenvalue weighted by Crippen LogP contribution is 2.50. The molecule has 3 aromatic carbocycles. The van der Waals surface area contributed by atoms with Crippen LogP contribution in [0, 0.1) is 0 Å². The standard InChI is InChI=1S/C29H33NO9S2/c1-5-36-24-18-21(29(31)35-3)27(39-25-12-8-9-17-37-25)26(28(24)38-23-11-7-6-10-22(23)34-2)30-41(32,33)20-15-13-19(40-4)14-16-20/h6-7,10-11,13-16,18,25,30H,5,8-9,12,17H2,1-4H3. The van der Waals surface area contributed by atoms with E-state index in [4.69, 9.17) is 28.4 Å². The highest BCUT2D eigenvalue weighted by molar-refractivity contribution is 7.98. The van der Waals surface area contributed by atoms with Gasteiger partial charge < -0.3 is 28.4 Å². The van der Waals surface area contributed by atoms with E-state index in [0.717, 1.165) is 17.7 Å². The molecule has 0 aliphatic carbocycles. The summed E-state index contributed by atoms with van der Waals surface area (Å²) in [4.78, 5) is 13.9. The number of anilines is 1. The van der Waals surface area contributed by atoms with Crippen LogP contribution < -0.4 is 23.7 Å². The Morgan fingerprint density at radius 2 is 1.76 bits per heavy atom. The van der Waals surface area contributed by atoms with E-state index in [0.29, 0.717) is 18.8 Å². The number of para-hydroxylation sites is 2. The van der Waals surface area contributed by atoms with Gasteiger partial charge in [0.2, 0.25) is 0 Å². The van der Waals surface area contributed by atoms with Crippen LogP contribution in [-0.4, -0.2) is 54.4 Å². The van der Waals surface area contributed by atoms with Gasteiger partial charge in [-0.25, -0.2) is 13.2 Å². The summed E-state index contributed by atoms with van der Waals surface area (Å²) in [6, 6.07) is 14.7. The molecular formula is C29H33NO9S2. The van der Waals surface area contributed by atoms with Gasteiger partial charge in [0, 0.05) is 17.4 Å². The van der Waals surface area contributed by atoms with Gasteiger partial charge in [-0.15, -0.1) is 11.8 Å². The Hall–Kier alpha value is -3.61. The predicted molar refractivity (Wildman–Crippen MR) is 155 cm³/mol. The van der Waals surface area contributed by atoms with Crippen LogP contribution in [0.2, 0.25) is 0 Å². The smallest absolute Gasteiger partial charge is 0.341 e. The molecule has 0 spiro atoms. The Bertz CT molecular complexity index is 1450. The topological polar surface area (TPSA) is 119 Å². The van der Waals surface area contributed by atoms with Crippen LogP contribution in [0.25, 0.3) is 0 Å². The third kappa shape index (κ3) is 7.19. The second-order valence-corrected chi connectivity index (χ2v) is 11.4. The van der Waals surface area contributed by atoms with Gasteiger partial charge in [0.25, 0.3) is 10.0 Å². The zero-order valence-corrected chi connectivity index (χ0v) is 24.9. The number of sulfonamides is 1. The van der Waals surface area contributed by atoms with E-state index in [9.17, 15) is 13.2 Å². The van der Waals surface area contributed by atoms with E-state index in [-0.39, 0.29) is 45.8 Å². The SMILES string of the molecule is CCOc1cc(C(=O)OC)c(OC2CCCCO2)c(NS(=O)(=O)c2ccc(SC)cc2)c1Oc1ccccc1OC. The number of thioether (sulfide) groups is 1. The third-order valence-corrected chi connectivity index (χ3v) is 8.29. The summed E-state index contributed by atoms with van der Waals surface area (Å²) in [7, 11) is -1.50. The fraction of sp³-hybridized carbons (Fsp3) is 0.345. The van der Waals surface area contributed by atoms with Crippen LogP contribution in [0.15, 0.2) is 64.4 Å². The van der Waals surface area contributed by atoms with Crippen molar-refractivity contribution in [3.8, 4) is 28.7 Å². The number of methoxy groups -OCH3 is 2. The first kappa shape index (κ1) is 30.4. The molecule has 0 aromatic heterocycles. The minimum Gasteiger partial charge on any atom is -0.493 e. The molecule has 1 aliphatic heterocycles. The number of benzene rings is 3. The van der Waals surface area contributed by atoms with Crippen molar-refractivity contribution < 1.29 is 41.6 Å². The van der Waals surface area contributed by atoms with Crippen LogP contribution in [0.5, 0.6) is 28.7 Å². The summed E-state index contributed by atoms with van der Waals surface area (Å²) in [5.74, 6) is -0.130. The molecule has 1 unspecified atom stereocenters. The summed E-state index contributed by atoms with van der Waals surface area (Å²) in [5.41, 5.74) is -0.210. The average molecular weight is 604 g/mol. The minimum absolute atomic E-state index is 0.000149. The van der Waals surface area contributed by atoms with Crippen molar-refractivity contribution >= 4 is 33.4 Å². The number of rotatable bonds is 12. The van der Waals surface area contributed by atoms with Gasteiger partial charge in [0.1, 0.15) is 11.3 Å². The van der Waals surface area contributed by atoms with Gasteiger partial charge in [0.15, 0.2) is 35.0 Å². The van der Waals surface area contributed by atoms with Crippen LogP contribution in [0.4, 0.5) is 5.69 Å².